The van der Waals surface area contributed by atoms with Crippen LogP contribution in [0, 0.1) is 12.8 Å². The first-order chi connectivity index (χ1) is 30.4. The molecule has 63 heavy (non-hydrogen) atoms. The molecule has 7 heterocycles. The highest BCUT2D eigenvalue weighted by molar-refractivity contribution is 6.05. The zero-order valence-electron chi connectivity index (χ0n) is 36.5. The predicted octanol–water partition coefficient (Wildman–Crippen LogP) is 6.65. The molecule has 3 N–H and O–H groups in total. The monoisotopic (exact) mass is 850 g/mol. The van der Waals surface area contributed by atoms with Gasteiger partial charge < -0.3 is 19.6 Å². The highest BCUT2D eigenvalue weighted by atomic mass is 16.5. The highest BCUT2D eigenvalue weighted by Gasteiger charge is 2.28. The van der Waals surface area contributed by atoms with Crippen LogP contribution in [0.5, 0.6) is 0 Å². The predicted molar refractivity (Wildman–Crippen MR) is 242 cm³/mol. The van der Waals surface area contributed by atoms with Gasteiger partial charge in [0.1, 0.15) is 0 Å². The fourth-order valence-corrected chi connectivity index (χ4v) is 8.86. The lowest BCUT2D eigenvalue weighted by Crippen LogP contribution is -2.49. The summed E-state index contributed by atoms with van der Waals surface area (Å²) in [7, 11) is 0. The van der Waals surface area contributed by atoms with Crippen molar-refractivity contribution in [3.05, 3.63) is 95.9 Å². The molecule has 16 nitrogen and oxygen atoms in total. The van der Waals surface area contributed by atoms with Crippen molar-refractivity contribution in [2.24, 2.45) is 5.92 Å². The highest BCUT2D eigenvalue weighted by Crippen LogP contribution is 2.32. The van der Waals surface area contributed by atoms with Crippen LogP contribution in [0.3, 0.4) is 0 Å². The molecule has 1 atom stereocenters. The van der Waals surface area contributed by atoms with Crippen LogP contribution in [0.25, 0.3) is 33.5 Å². The van der Waals surface area contributed by atoms with Crippen LogP contribution in [0.15, 0.2) is 77.6 Å². The Morgan fingerprint density at radius 3 is 2.27 bits per heavy atom. The molecule has 3 saturated heterocycles. The van der Waals surface area contributed by atoms with Gasteiger partial charge in [-0.15, -0.1) is 0 Å². The van der Waals surface area contributed by atoms with Gasteiger partial charge >= 0.3 is 6.03 Å². The Balaban J connectivity index is 0.767. The van der Waals surface area contributed by atoms with Gasteiger partial charge in [-0.05, 0) is 92.3 Å². The number of piperazine rings is 1. The van der Waals surface area contributed by atoms with Crippen molar-refractivity contribution in [1.82, 2.24) is 45.8 Å². The van der Waals surface area contributed by atoms with E-state index in [0.717, 1.165) is 109 Å². The lowest BCUT2D eigenvalue weighted by molar-refractivity contribution is -0.120. The number of hydrogen-bond acceptors (Lipinski definition) is 12. The topological polar surface area (TPSA) is 182 Å². The van der Waals surface area contributed by atoms with E-state index in [4.69, 9.17) is 9.51 Å². The van der Waals surface area contributed by atoms with Crippen molar-refractivity contribution in [1.29, 1.82) is 0 Å². The van der Waals surface area contributed by atoms with E-state index in [9.17, 15) is 14.4 Å². The largest absolute Gasteiger partial charge is 0.372 e. The van der Waals surface area contributed by atoms with E-state index in [2.05, 4.69) is 87.1 Å². The number of amides is 4. The molecule has 9 rings (SSSR count). The smallest absolute Gasteiger partial charge is 0.328 e. The second kappa shape index (κ2) is 17.2. The summed E-state index contributed by atoms with van der Waals surface area (Å²) in [5, 5.41) is 17.9. The molecular weight excluding hydrogens is 797 g/mol. The molecule has 0 saturated carbocycles. The van der Waals surface area contributed by atoms with E-state index in [1.54, 1.807) is 4.90 Å². The molecule has 0 radical (unpaired) electrons. The number of nitrogens with one attached hydrogen (secondary N) is 3. The Labute approximate surface area is 366 Å². The maximum atomic E-state index is 12.9. The summed E-state index contributed by atoms with van der Waals surface area (Å²) in [6.45, 7) is 17.4. The molecule has 2 aromatic carbocycles. The summed E-state index contributed by atoms with van der Waals surface area (Å²) in [4.78, 5) is 59.7. The molecule has 16 heteroatoms. The van der Waals surface area contributed by atoms with Crippen LogP contribution in [0.2, 0.25) is 0 Å². The van der Waals surface area contributed by atoms with Gasteiger partial charge in [-0.2, -0.15) is 10.1 Å². The molecule has 0 bridgehead atoms. The number of rotatable bonds is 10. The third kappa shape index (κ3) is 8.98. The van der Waals surface area contributed by atoms with Gasteiger partial charge in [0.25, 0.3) is 11.7 Å². The van der Waals surface area contributed by atoms with E-state index in [0.29, 0.717) is 30.4 Å². The third-order valence-electron chi connectivity index (χ3n) is 12.5. The number of H-pyrrole nitrogens is 1. The van der Waals surface area contributed by atoms with Crippen molar-refractivity contribution in [2.75, 3.05) is 67.1 Å². The Hall–Kier alpha value is -6.68. The van der Waals surface area contributed by atoms with Crippen molar-refractivity contribution in [3.63, 3.8) is 0 Å². The first-order valence-corrected chi connectivity index (χ1v) is 21.9. The Morgan fingerprint density at radius 1 is 0.857 bits per heavy atom. The van der Waals surface area contributed by atoms with Crippen LogP contribution in [-0.4, -0.2) is 105 Å². The number of piperidine rings is 1. The molecule has 3 aliphatic rings. The number of aromatic nitrogens is 6. The minimum absolute atomic E-state index is 0.0195. The number of aromatic amines is 1. The van der Waals surface area contributed by atoms with Crippen LogP contribution < -0.4 is 25.3 Å². The number of fused-ring (bicyclic) bond motifs is 1. The third-order valence-corrected chi connectivity index (χ3v) is 12.5. The van der Waals surface area contributed by atoms with Crippen molar-refractivity contribution < 1.29 is 18.9 Å². The standard InChI is InChI=1S/C47H54N12O4/c1-29-24-32(6-12-37(29)30(2)50-44(61)43-52-45(63-55-43)47(3,4)5)41-38-25-33(26-49-42(38)54-53-41)39-13-11-36(27-48-39)58-22-20-56(21-23-58)28-31-14-17-57(18-15-31)34-7-9-35(10-8-34)59-19-16-40(60)51-46(59)62/h6-13,24-27,30-31H,14-23,28H2,1-5H3,(H,50,61)(H,49,53,54)(H,51,60,62)/t30-/m1/s1. The van der Waals surface area contributed by atoms with Gasteiger partial charge in [0.05, 0.1) is 29.3 Å². The summed E-state index contributed by atoms with van der Waals surface area (Å²) < 4.78 is 5.31. The van der Waals surface area contributed by atoms with Crippen molar-refractivity contribution in [2.45, 2.75) is 65.3 Å². The number of imide groups is 1. The first-order valence-electron chi connectivity index (χ1n) is 21.9. The summed E-state index contributed by atoms with van der Waals surface area (Å²) in [5.41, 5.74) is 8.97. The van der Waals surface area contributed by atoms with Gasteiger partial charge in [-0.3, -0.25) is 34.8 Å². The second-order valence-corrected chi connectivity index (χ2v) is 18.0. The zero-order chi connectivity index (χ0) is 43.8. The second-order valence-electron chi connectivity index (χ2n) is 18.0. The number of aryl methyl sites for hydroxylation is 1. The molecule has 326 valence electrons. The van der Waals surface area contributed by atoms with E-state index in [1.165, 1.54) is 5.69 Å². The van der Waals surface area contributed by atoms with Gasteiger partial charge in [0.2, 0.25) is 11.8 Å². The molecular formula is C47H54N12O4. The lowest BCUT2D eigenvalue weighted by atomic mass is 9.95. The average molecular weight is 851 g/mol. The quantitative estimate of drug-likeness (QED) is 0.134. The fourth-order valence-electron chi connectivity index (χ4n) is 8.86. The SMILES string of the molecule is Cc1cc(-c2[nH]nc3ncc(-c4ccc(N5CCN(CC6CCN(c7ccc(N8CCC(=O)NC8=O)cc7)CC6)CC5)cn4)cc23)ccc1[C@@H](C)NC(=O)c1noc(C(C)(C)C)n1. The van der Waals surface area contributed by atoms with Crippen molar-refractivity contribution in [3.8, 4) is 22.5 Å². The number of nitrogens with zero attached hydrogens (tertiary/aromatic N) is 9. The van der Waals surface area contributed by atoms with Gasteiger partial charge in [0, 0.05) is 98.3 Å². The zero-order valence-corrected chi connectivity index (χ0v) is 36.5. The Kier molecular flexibility index (Phi) is 11.4. The number of pyridine rings is 2. The minimum atomic E-state index is -0.387. The number of urea groups is 1. The molecule has 0 unspecified atom stereocenters. The Morgan fingerprint density at radius 2 is 1.59 bits per heavy atom. The van der Waals surface area contributed by atoms with Gasteiger partial charge in [0.15, 0.2) is 5.65 Å². The number of carbonyl (C=O) groups is 3. The molecule has 4 amide bonds. The minimum Gasteiger partial charge on any atom is -0.372 e. The first kappa shape index (κ1) is 41.7. The Bertz CT molecular complexity index is 2620. The van der Waals surface area contributed by atoms with Crippen LogP contribution >= 0.6 is 0 Å². The van der Waals surface area contributed by atoms with Crippen molar-refractivity contribution >= 4 is 45.9 Å². The van der Waals surface area contributed by atoms with Gasteiger partial charge in [-0.25, -0.2) is 9.78 Å². The maximum absolute atomic E-state index is 12.9. The average Bonchev–Trinajstić information content (AvgIpc) is 3.96. The van der Waals surface area contributed by atoms with E-state index in [1.807, 2.05) is 71.3 Å². The fraction of sp³-hybridized carbons (Fsp3) is 0.404. The molecule has 4 aromatic heterocycles. The summed E-state index contributed by atoms with van der Waals surface area (Å²) in [6.07, 6.45) is 6.42. The summed E-state index contributed by atoms with van der Waals surface area (Å²) in [6, 6.07) is 20.0. The van der Waals surface area contributed by atoms with Crippen LogP contribution in [0.1, 0.15) is 80.6 Å². The van der Waals surface area contributed by atoms with E-state index < -0.39 is 0 Å². The number of carbonyl (C=O) groups excluding carboxylic acids is 3. The lowest BCUT2D eigenvalue weighted by Gasteiger charge is -2.40. The molecule has 3 aliphatic heterocycles. The number of anilines is 3. The molecule has 6 aromatic rings. The number of benzene rings is 2. The molecule has 0 spiro atoms. The summed E-state index contributed by atoms with van der Waals surface area (Å²) >= 11 is 0. The van der Waals surface area contributed by atoms with E-state index in [-0.39, 0.29) is 35.1 Å². The summed E-state index contributed by atoms with van der Waals surface area (Å²) in [5.74, 6) is 0.497. The van der Waals surface area contributed by atoms with Crippen LogP contribution in [-0.2, 0) is 10.2 Å². The molecule has 3 fully saturated rings. The van der Waals surface area contributed by atoms with Crippen LogP contribution in [0.4, 0.5) is 21.9 Å². The molecule has 0 aliphatic carbocycles. The number of hydrogen-bond donors (Lipinski definition) is 3. The van der Waals surface area contributed by atoms with E-state index >= 15 is 0 Å². The maximum Gasteiger partial charge on any atom is 0.328 e. The normalized spacial score (nSPS) is 17.3. The van der Waals surface area contributed by atoms with Gasteiger partial charge in [-0.1, -0.05) is 38.1 Å².